The molecule has 2 rings (SSSR count). The number of carbonyl (C=O) groups is 2. The summed E-state index contributed by atoms with van der Waals surface area (Å²) >= 11 is 5.51. The monoisotopic (exact) mass is 331 g/mol. The molecule has 0 bridgehead atoms. The molecule has 0 aromatic heterocycles. The number of rotatable bonds is 4. The molecule has 7 heteroatoms. The third-order valence-corrected chi connectivity index (χ3v) is 4.19. The Morgan fingerprint density at radius 1 is 1.32 bits per heavy atom. The summed E-state index contributed by atoms with van der Waals surface area (Å²) in [5, 5.41) is 8.07. The largest absolute Gasteiger partial charge is 0.481 e. The van der Waals surface area contributed by atoms with Gasteiger partial charge in [-0.3, -0.25) is 9.59 Å². The number of carboxylic acids is 1. The van der Waals surface area contributed by atoms with Gasteiger partial charge in [0.05, 0.1) is 5.56 Å². The average molecular weight is 332 g/mol. The summed E-state index contributed by atoms with van der Waals surface area (Å²) < 4.78 is 27.2. The Balaban J connectivity index is 2.22. The van der Waals surface area contributed by atoms with Crippen LogP contribution < -0.4 is 0 Å². The summed E-state index contributed by atoms with van der Waals surface area (Å²) in [4.78, 5) is 24.7. The van der Waals surface area contributed by atoms with Gasteiger partial charge in [0.1, 0.15) is 10.8 Å². The highest BCUT2D eigenvalue weighted by molar-refractivity contribution is 6.31. The van der Waals surface area contributed by atoms with Crippen LogP contribution in [-0.2, 0) is 4.79 Å². The van der Waals surface area contributed by atoms with Gasteiger partial charge < -0.3 is 10.0 Å². The molecule has 1 atom stereocenters. The first-order valence-corrected chi connectivity index (χ1v) is 7.46. The molecule has 0 aliphatic carbocycles. The number of carbonyl (C=O) groups excluding carboxylic acids is 1. The second kappa shape index (κ2) is 7.05. The van der Waals surface area contributed by atoms with Crippen LogP contribution in [0.4, 0.5) is 8.78 Å². The van der Waals surface area contributed by atoms with Crippen LogP contribution in [0.15, 0.2) is 12.1 Å². The standard InChI is InChI=1S/C15H16ClF2NO3/c16-13-11(17)6-5-10(14(13)18)15(22)19-8-2-1-3-9(19)4-7-12(20)21/h5-6,9H,1-4,7-8H2,(H,20,21). The molecule has 120 valence electrons. The fourth-order valence-corrected chi connectivity index (χ4v) is 2.87. The number of benzene rings is 1. The van der Waals surface area contributed by atoms with Gasteiger partial charge in [0.2, 0.25) is 0 Å². The number of aliphatic carboxylic acids is 1. The molecule has 1 aliphatic rings. The lowest BCUT2D eigenvalue weighted by atomic mass is 9.97. The van der Waals surface area contributed by atoms with E-state index in [2.05, 4.69) is 0 Å². The van der Waals surface area contributed by atoms with Gasteiger partial charge in [-0.2, -0.15) is 0 Å². The van der Waals surface area contributed by atoms with Crippen LogP contribution in [0.1, 0.15) is 42.5 Å². The Morgan fingerprint density at radius 2 is 2.05 bits per heavy atom. The molecule has 1 aromatic rings. The van der Waals surface area contributed by atoms with Crippen molar-refractivity contribution in [1.29, 1.82) is 0 Å². The highest BCUT2D eigenvalue weighted by Gasteiger charge is 2.30. The lowest BCUT2D eigenvalue weighted by molar-refractivity contribution is -0.137. The normalized spacial score (nSPS) is 18.3. The van der Waals surface area contributed by atoms with Crippen molar-refractivity contribution in [3.8, 4) is 0 Å². The summed E-state index contributed by atoms with van der Waals surface area (Å²) in [6, 6.07) is 1.77. The van der Waals surface area contributed by atoms with Crippen molar-refractivity contribution in [2.75, 3.05) is 6.54 Å². The van der Waals surface area contributed by atoms with Gasteiger partial charge in [-0.05, 0) is 37.8 Å². The van der Waals surface area contributed by atoms with Crippen molar-refractivity contribution in [2.24, 2.45) is 0 Å². The van der Waals surface area contributed by atoms with E-state index in [0.717, 1.165) is 25.0 Å². The first kappa shape index (κ1) is 16.7. The molecule has 1 aliphatic heterocycles. The van der Waals surface area contributed by atoms with Crippen molar-refractivity contribution in [3.05, 3.63) is 34.4 Å². The third-order valence-electron chi connectivity index (χ3n) is 3.85. The SMILES string of the molecule is O=C(O)CCC1CCCCN1C(=O)c1ccc(F)c(Cl)c1F. The lowest BCUT2D eigenvalue weighted by Crippen LogP contribution is -2.44. The second-order valence-electron chi connectivity index (χ2n) is 5.30. The number of hydrogen-bond donors (Lipinski definition) is 1. The van der Waals surface area contributed by atoms with E-state index in [4.69, 9.17) is 16.7 Å². The van der Waals surface area contributed by atoms with Crippen LogP contribution in [-0.4, -0.2) is 34.5 Å². The quantitative estimate of drug-likeness (QED) is 0.859. The highest BCUT2D eigenvalue weighted by Crippen LogP contribution is 2.27. The minimum Gasteiger partial charge on any atom is -0.481 e. The Bertz CT molecular complexity index is 594. The van der Waals surface area contributed by atoms with Crippen molar-refractivity contribution >= 4 is 23.5 Å². The van der Waals surface area contributed by atoms with Crippen molar-refractivity contribution < 1.29 is 23.5 Å². The fourth-order valence-electron chi connectivity index (χ4n) is 2.70. The third kappa shape index (κ3) is 3.55. The van der Waals surface area contributed by atoms with Gasteiger partial charge in [0.15, 0.2) is 5.82 Å². The van der Waals surface area contributed by atoms with Crippen LogP contribution >= 0.6 is 11.6 Å². The van der Waals surface area contributed by atoms with Gasteiger partial charge in [0, 0.05) is 19.0 Å². The van der Waals surface area contributed by atoms with Crippen molar-refractivity contribution in [2.45, 2.75) is 38.1 Å². The first-order chi connectivity index (χ1) is 10.4. The van der Waals surface area contributed by atoms with Gasteiger partial charge in [-0.1, -0.05) is 11.6 Å². The van der Waals surface area contributed by atoms with Crippen molar-refractivity contribution in [1.82, 2.24) is 4.90 Å². The maximum absolute atomic E-state index is 14.0. The molecule has 1 fully saturated rings. The van der Waals surface area contributed by atoms with E-state index in [9.17, 15) is 18.4 Å². The molecule has 0 radical (unpaired) electrons. The van der Waals surface area contributed by atoms with Crippen LogP contribution in [0.2, 0.25) is 5.02 Å². The van der Waals surface area contributed by atoms with Gasteiger partial charge >= 0.3 is 5.97 Å². The number of halogens is 3. The number of hydrogen-bond acceptors (Lipinski definition) is 2. The maximum Gasteiger partial charge on any atom is 0.303 e. The average Bonchev–Trinajstić information content (AvgIpc) is 2.50. The van der Waals surface area contributed by atoms with E-state index in [1.807, 2.05) is 0 Å². The molecule has 1 unspecified atom stereocenters. The van der Waals surface area contributed by atoms with Gasteiger partial charge in [0.25, 0.3) is 5.91 Å². The predicted octanol–water partition coefficient (Wildman–Crippen LogP) is 3.48. The number of piperidine rings is 1. The zero-order valence-corrected chi connectivity index (χ0v) is 12.6. The molecule has 1 saturated heterocycles. The highest BCUT2D eigenvalue weighted by atomic mass is 35.5. The Morgan fingerprint density at radius 3 is 2.73 bits per heavy atom. The van der Waals surface area contributed by atoms with E-state index >= 15 is 0 Å². The number of nitrogens with zero attached hydrogens (tertiary/aromatic N) is 1. The van der Waals surface area contributed by atoms with Crippen LogP contribution in [0.3, 0.4) is 0 Å². The van der Waals surface area contributed by atoms with E-state index in [0.29, 0.717) is 19.4 Å². The minimum absolute atomic E-state index is 0.0545. The summed E-state index contributed by atoms with van der Waals surface area (Å²) in [6.07, 6.45) is 2.60. The van der Waals surface area contributed by atoms with Crippen molar-refractivity contribution in [3.63, 3.8) is 0 Å². The van der Waals surface area contributed by atoms with Crippen LogP contribution in [0.5, 0.6) is 0 Å². The summed E-state index contributed by atoms with van der Waals surface area (Å²) in [5.74, 6) is -3.51. The Hall–Kier alpha value is -1.69. The molecule has 0 spiro atoms. The molecule has 1 amide bonds. The van der Waals surface area contributed by atoms with E-state index < -0.39 is 28.5 Å². The second-order valence-corrected chi connectivity index (χ2v) is 5.68. The molecule has 0 saturated carbocycles. The Kier molecular flexibility index (Phi) is 5.34. The molecule has 22 heavy (non-hydrogen) atoms. The lowest BCUT2D eigenvalue weighted by Gasteiger charge is -2.35. The van der Waals surface area contributed by atoms with E-state index in [1.54, 1.807) is 0 Å². The number of amides is 1. The summed E-state index contributed by atoms with van der Waals surface area (Å²) in [5.41, 5.74) is -0.284. The number of carboxylic acid groups (broad SMARTS) is 1. The predicted molar refractivity (Wildman–Crippen MR) is 76.9 cm³/mol. The first-order valence-electron chi connectivity index (χ1n) is 7.08. The number of likely N-dealkylation sites (tertiary alicyclic amines) is 1. The zero-order valence-electron chi connectivity index (χ0n) is 11.8. The maximum atomic E-state index is 14.0. The molecular formula is C15H16ClF2NO3. The van der Waals surface area contributed by atoms with E-state index in [-0.39, 0.29) is 18.0 Å². The minimum atomic E-state index is -1.07. The van der Waals surface area contributed by atoms with Gasteiger partial charge in [-0.25, -0.2) is 8.78 Å². The molecule has 1 aromatic carbocycles. The van der Waals surface area contributed by atoms with Crippen LogP contribution in [0.25, 0.3) is 0 Å². The van der Waals surface area contributed by atoms with E-state index in [1.165, 1.54) is 4.90 Å². The smallest absolute Gasteiger partial charge is 0.303 e. The summed E-state index contributed by atoms with van der Waals surface area (Å²) in [6.45, 7) is 0.428. The molecular weight excluding hydrogens is 316 g/mol. The fraction of sp³-hybridized carbons (Fsp3) is 0.467. The molecule has 1 N–H and O–H groups in total. The van der Waals surface area contributed by atoms with Crippen LogP contribution in [0, 0.1) is 11.6 Å². The molecule has 4 nitrogen and oxygen atoms in total. The molecule has 1 heterocycles. The topological polar surface area (TPSA) is 57.6 Å². The summed E-state index contributed by atoms with van der Waals surface area (Å²) in [7, 11) is 0. The van der Waals surface area contributed by atoms with Gasteiger partial charge in [-0.15, -0.1) is 0 Å². The zero-order chi connectivity index (χ0) is 16.3. The Labute approximate surface area is 131 Å².